The van der Waals surface area contributed by atoms with Crippen LogP contribution in [0.2, 0.25) is 5.02 Å². The van der Waals surface area contributed by atoms with Gasteiger partial charge in [-0.3, -0.25) is 4.79 Å². The molecule has 1 aliphatic rings. The van der Waals surface area contributed by atoms with Crippen LogP contribution in [0.3, 0.4) is 0 Å². The maximum Gasteiger partial charge on any atom is 0.416 e. The first-order chi connectivity index (χ1) is 16.8. The number of rotatable bonds is 4. The van der Waals surface area contributed by atoms with E-state index in [-0.39, 0.29) is 16.5 Å². The number of hydrogen-bond acceptors (Lipinski definition) is 4. The van der Waals surface area contributed by atoms with Gasteiger partial charge in [0, 0.05) is 12.1 Å². The van der Waals surface area contributed by atoms with Crippen LogP contribution in [0.25, 0.3) is 22.6 Å². The zero-order valence-corrected chi connectivity index (χ0v) is 19.1. The summed E-state index contributed by atoms with van der Waals surface area (Å²) in [6, 6.07) is 19.8. The topological polar surface area (TPSA) is 59.2 Å². The lowest BCUT2D eigenvalue weighted by molar-refractivity contribution is -0.137. The Labute approximate surface area is 204 Å². The maximum atomic E-state index is 13.2. The van der Waals surface area contributed by atoms with E-state index in [1.165, 1.54) is 4.90 Å². The van der Waals surface area contributed by atoms with Gasteiger partial charge in [-0.1, -0.05) is 54.1 Å². The standard InChI is InChI=1S/C26H19ClF3N3O2/c27-21-13-12-19(26(28,29)30)15-20(21)25(34)33-14-4-7-22(33)24-32-31-23(35-24)18-10-8-17(9-11-18)16-5-2-1-3-6-16/h1-3,5-6,8-13,15,22H,4,7,14H2. The molecule has 0 N–H and O–H groups in total. The smallest absolute Gasteiger partial charge is 0.416 e. The minimum Gasteiger partial charge on any atom is -0.418 e. The third-order valence-electron chi connectivity index (χ3n) is 6.00. The first-order valence-corrected chi connectivity index (χ1v) is 11.4. The molecule has 1 aliphatic heterocycles. The van der Waals surface area contributed by atoms with Crippen molar-refractivity contribution in [2.24, 2.45) is 0 Å². The Morgan fingerprint density at radius 1 is 0.943 bits per heavy atom. The van der Waals surface area contributed by atoms with Gasteiger partial charge in [0.05, 0.1) is 16.1 Å². The molecule has 0 radical (unpaired) electrons. The molecule has 0 aliphatic carbocycles. The number of carbonyl (C=O) groups excluding carboxylic acids is 1. The summed E-state index contributed by atoms with van der Waals surface area (Å²) in [7, 11) is 0. The van der Waals surface area contributed by atoms with Crippen LogP contribution in [0, 0.1) is 0 Å². The van der Waals surface area contributed by atoms with Gasteiger partial charge in [-0.15, -0.1) is 10.2 Å². The van der Waals surface area contributed by atoms with Gasteiger partial charge in [-0.2, -0.15) is 13.2 Å². The largest absolute Gasteiger partial charge is 0.418 e. The van der Waals surface area contributed by atoms with Crippen LogP contribution in [0.4, 0.5) is 13.2 Å². The van der Waals surface area contributed by atoms with E-state index in [0.717, 1.165) is 34.9 Å². The van der Waals surface area contributed by atoms with Gasteiger partial charge in [-0.05, 0) is 54.3 Å². The number of halogens is 4. The fourth-order valence-electron chi connectivity index (χ4n) is 4.21. The molecule has 2 heterocycles. The first-order valence-electron chi connectivity index (χ1n) is 11.0. The van der Waals surface area contributed by atoms with Crippen molar-refractivity contribution in [1.82, 2.24) is 15.1 Å². The predicted molar refractivity (Wildman–Crippen MR) is 125 cm³/mol. The molecule has 0 bridgehead atoms. The second kappa shape index (κ2) is 9.19. The van der Waals surface area contributed by atoms with Crippen LogP contribution in [-0.2, 0) is 6.18 Å². The van der Waals surface area contributed by atoms with Crippen molar-refractivity contribution >= 4 is 17.5 Å². The molecule has 1 saturated heterocycles. The monoisotopic (exact) mass is 497 g/mol. The van der Waals surface area contributed by atoms with Crippen LogP contribution < -0.4 is 0 Å². The summed E-state index contributed by atoms with van der Waals surface area (Å²) in [5.74, 6) is -0.0624. The van der Waals surface area contributed by atoms with Gasteiger partial charge in [0.25, 0.3) is 5.91 Å². The molecule has 3 aromatic carbocycles. The van der Waals surface area contributed by atoms with E-state index < -0.39 is 23.7 Å². The third kappa shape index (κ3) is 4.66. The van der Waals surface area contributed by atoms with Crippen LogP contribution >= 0.6 is 11.6 Å². The molecular formula is C26H19ClF3N3O2. The van der Waals surface area contributed by atoms with E-state index in [9.17, 15) is 18.0 Å². The summed E-state index contributed by atoms with van der Waals surface area (Å²) < 4.78 is 45.4. The number of benzene rings is 3. The van der Waals surface area contributed by atoms with Crippen molar-refractivity contribution in [3.05, 3.63) is 94.8 Å². The van der Waals surface area contributed by atoms with Crippen molar-refractivity contribution in [1.29, 1.82) is 0 Å². The number of alkyl halides is 3. The van der Waals surface area contributed by atoms with E-state index in [0.29, 0.717) is 25.3 Å². The first kappa shape index (κ1) is 23.1. The Kier molecular flexibility index (Phi) is 6.06. The molecule has 5 nitrogen and oxygen atoms in total. The molecule has 0 saturated carbocycles. The van der Waals surface area contributed by atoms with Gasteiger partial charge < -0.3 is 9.32 Å². The summed E-state index contributed by atoms with van der Waals surface area (Å²) in [6.07, 6.45) is -3.38. The van der Waals surface area contributed by atoms with Crippen LogP contribution in [0.5, 0.6) is 0 Å². The molecule has 1 amide bonds. The third-order valence-corrected chi connectivity index (χ3v) is 6.33. The lowest BCUT2D eigenvalue weighted by atomic mass is 10.0. The molecule has 178 valence electrons. The van der Waals surface area contributed by atoms with Crippen LogP contribution in [-0.4, -0.2) is 27.5 Å². The molecule has 5 rings (SSSR count). The number of nitrogens with zero attached hydrogens (tertiary/aromatic N) is 3. The van der Waals surface area contributed by atoms with Crippen molar-refractivity contribution in [2.45, 2.75) is 25.1 Å². The molecule has 35 heavy (non-hydrogen) atoms. The Morgan fingerprint density at radius 2 is 1.63 bits per heavy atom. The van der Waals surface area contributed by atoms with E-state index in [4.69, 9.17) is 16.0 Å². The molecular weight excluding hydrogens is 479 g/mol. The zero-order valence-electron chi connectivity index (χ0n) is 18.3. The molecule has 1 fully saturated rings. The number of hydrogen-bond donors (Lipinski definition) is 0. The summed E-state index contributed by atoms with van der Waals surface area (Å²) in [6.45, 7) is 0.347. The van der Waals surface area contributed by atoms with E-state index >= 15 is 0 Å². The summed E-state index contributed by atoms with van der Waals surface area (Å²) >= 11 is 6.09. The molecule has 9 heteroatoms. The highest BCUT2D eigenvalue weighted by Crippen LogP contribution is 2.37. The second-order valence-electron chi connectivity index (χ2n) is 8.24. The Balaban J connectivity index is 1.38. The minimum absolute atomic E-state index is 0.0432. The quantitative estimate of drug-likeness (QED) is 0.303. The lowest BCUT2D eigenvalue weighted by Crippen LogP contribution is -2.31. The van der Waals surface area contributed by atoms with Crippen LogP contribution in [0.1, 0.15) is 40.7 Å². The second-order valence-corrected chi connectivity index (χ2v) is 8.64. The number of likely N-dealkylation sites (tertiary alicyclic amines) is 1. The fourth-order valence-corrected chi connectivity index (χ4v) is 4.41. The minimum atomic E-state index is -4.58. The average molecular weight is 498 g/mol. The lowest BCUT2D eigenvalue weighted by Gasteiger charge is -2.23. The van der Waals surface area contributed by atoms with Crippen molar-refractivity contribution < 1.29 is 22.4 Å². The van der Waals surface area contributed by atoms with Crippen molar-refractivity contribution in [3.8, 4) is 22.6 Å². The normalized spacial score (nSPS) is 16.0. The van der Waals surface area contributed by atoms with E-state index in [2.05, 4.69) is 10.2 Å². The predicted octanol–water partition coefficient (Wildman–Crippen LogP) is 7.05. The highest BCUT2D eigenvalue weighted by Gasteiger charge is 2.37. The molecule has 1 atom stereocenters. The Hall–Kier alpha value is -3.65. The summed E-state index contributed by atoms with van der Waals surface area (Å²) in [5.41, 5.74) is 1.71. The van der Waals surface area contributed by atoms with Crippen LogP contribution in [0.15, 0.2) is 77.2 Å². The number of carbonyl (C=O) groups is 1. The molecule has 1 aromatic heterocycles. The highest BCUT2D eigenvalue weighted by molar-refractivity contribution is 6.33. The van der Waals surface area contributed by atoms with E-state index in [1.807, 2.05) is 54.6 Å². The van der Waals surface area contributed by atoms with Gasteiger partial charge in [0.1, 0.15) is 6.04 Å². The number of aromatic nitrogens is 2. The van der Waals surface area contributed by atoms with Gasteiger partial charge >= 0.3 is 6.18 Å². The van der Waals surface area contributed by atoms with Crippen molar-refractivity contribution in [3.63, 3.8) is 0 Å². The SMILES string of the molecule is O=C(c1cc(C(F)(F)F)ccc1Cl)N1CCCC1c1nnc(-c2ccc(-c3ccccc3)cc2)o1. The van der Waals surface area contributed by atoms with E-state index in [1.54, 1.807) is 0 Å². The average Bonchev–Trinajstić information content (AvgIpc) is 3.54. The Morgan fingerprint density at radius 3 is 2.34 bits per heavy atom. The summed E-state index contributed by atoms with van der Waals surface area (Å²) in [4.78, 5) is 14.6. The number of amides is 1. The molecule has 1 unspecified atom stereocenters. The van der Waals surface area contributed by atoms with Gasteiger partial charge in [-0.25, -0.2) is 0 Å². The van der Waals surface area contributed by atoms with Gasteiger partial charge in [0.2, 0.25) is 11.8 Å². The highest BCUT2D eigenvalue weighted by atomic mass is 35.5. The van der Waals surface area contributed by atoms with Gasteiger partial charge in [0.15, 0.2) is 0 Å². The van der Waals surface area contributed by atoms with Crippen molar-refractivity contribution in [2.75, 3.05) is 6.54 Å². The molecule has 4 aromatic rings. The summed E-state index contributed by atoms with van der Waals surface area (Å²) in [5, 5.41) is 8.23. The molecule has 0 spiro atoms. The Bertz CT molecular complexity index is 1350. The fraction of sp³-hybridized carbons (Fsp3) is 0.192. The zero-order chi connectivity index (χ0) is 24.6. The maximum absolute atomic E-state index is 13.2.